The zero-order valence-corrected chi connectivity index (χ0v) is 24.2. The maximum atomic E-state index is 13.1. The summed E-state index contributed by atoms with van der Waals surface area (Å²) in [5, 5.41) is 0. The molecule has 4 aliphatic rings. The van der Waals surface area contributed by atoms with Crippen LogP contribution in [0.5, 0.6) is 0 Å². The third kappa shape index (κ3) is 7.12. The molecule has 4 fully saturated rings. The fourth-order valence-corrected chi connectivity index (χ4v) is 6.76. The van der Waals surface area contributed by atoms with E-state index in [1.807, 2.05) is 9.80 Å². The lowest BCUT2D eigenvalue weighted by Gasteiger charge is -2.38. The Balaban J connectivity index is 1.03. The second-order valence-corrected chi connectivity index (χ2v) is 12.1. The van der Waals surface area contributed by atoms with Crippen molar-refractivity contribution in [3.63, 3.8) is 0 Å². The van der Waals surface area contributed by atoms with Crippen molar-refractivity contribution in [2.45, 2.75) is 63.8 Å². The summed E-state index contributed by atoms with van der Waals surface area (Å²) in [5.74, 6) is 0.484. The molecule has 1 aliphatic carbocycles. The fraction of sp³-hybridized carbons (Fsp3) is 0.700. The molecule has 0 unspecified atom stereocenters. The predicted octanol–water partition coefficient (Wildman–Crippen LogP) is 4.60. The van der Waals surface area contributed by atoms with Crippen LogP contribution in [0, 0.1) is 11.8 Å². The molecule has 3 saturated heterocycles. The first-order valence-electron chi connectivity index (χ1n) is 15.1. The third-order valence-corrected chi connectivity index (χ3v) is 9.29. The van der Waals surface area contributed by atoms with Gasteiger partial charge >= 0.3 is 18.4 Å². The normalized spacial score (nSPS) is 25.0. The van der Waals surface area contributed by atoms with E-state index in [0.717, 1.165) is 43.4 Å². The molecule has 5 rings (SSSR count). The third-order valence-electron chi connectivity index (χ3n) is 9.29. The number of alkyl halides is 3. The molecule has 9 nitrogen and oxygen atoms in total. The number of amides is 3. The van der Waals surface area contributed by atoms with Crippen molar-refractivity contribution in [3.05, 3.63) is 35.4 Å². The molecule has 1 aromatic rings. The number of carbonyl (C=O) groups excluding carboxylic acids is 3. The number of halogens is 3. The number of rotatable bonds is 6. The molecule has 0 bridgehead atoms. The molecule has 12 heteroatoms. The van der Waals surface area contributed by atoms with E-state index in [9.17, 15) is 27.6 Å². The van der Waals surface area contributed by atoms with Crippen molar-refractivity contribution in [2.75, 3.05) is 59.0 Å². The number of piperazine rings is 1. The van der Waals surface area contributed by atoms with Crippen LogP contribution in [0.3, 0.4) is 0 Å². The summed E-state index contributed by atoms with van der Waals surface area (Å²) in [6.45, 7) is 7.34. The molecule has 0 radical (unpaired) electrons. The molecule has 1 saturated carbocycles. The Labute approximate surface area is 244 Å². The van der Waals surface area contributed by atoms with Crippen molar-refractivity contribution in [3.8, 4) is 0 Å². The van der Waals surface area contributed by atoms with Crippen molar-refractivity contribution in [2.24, 2.45) is 11.8 Å². The van der Waals surface area contributed by atoms with Crippen LogP contribution < -0.4 is 0 Å². The van der Waals surface area contributed by atoms with Gasteiger partial charge in [0.2, 0.25) is 5.91 Å². The number of carbonyl (C=O) groups is 3. The number of ether oxygens (including phenoxy) is 2. The Bertz CT molecular complexity index is 1110. The zero-order chi connectivity index (χ0) is 29.9. The minimum Gasteiger partial charge on any atom is -0.450 e. The molecule has 3 heterocycles. The van der Waals surface area contributed by atoms with Crippen molar-refractivity contribution in [1.82, 2.24) is 19.6 Å². The van der Waals surface area contributed by atoms with Crippen LogP contribution in [-0.4, -0.2) is 102 Å². The maximum Gasteiger partial charge on any atom is 0.416 e. The van der Waals surface area contributed by atoms with Crippen molar-refractivity contribution >= 4 is 18.1 Å². The highest BCUT2D eigenvalue weighted by Crippen LogP contribution is 2.37. The predicted molar refractivity (Wildman–Crippen MR) is 147 cm³/mol. The first-order valence-corrected chi connectivity index (χ1v) is 15.1. The van der Waals surface area contributed by atoms with Crippen LogP contribution in [0.25, 0.3) is 0 Å². The average molecular weight is 595 g/mol. The Morgan fingerprint density at radius 2 is 1.57 bits per heavy atom. The van der Waals surface area contributed by atoms with Gasteiger partial charge in [0.1, 0.15) is 5.60 Å². The lowest BCUT2D eigenvalue weighted by atomic mass is 9.81. The van der Waals surface area contributed by atoms with Gasteiger partial charge in [0.05, 0.1) is 18.7 Å². The Kier molecular flexibility index (Phi) is 9.20. The zero-order valence-electron chi connectivity index (χ0n) is 24.2. The van der Waals surface area contributed by atoms with E-state index < -0.39 is 17.3 Å². The molecule has 1 spiro atoms. The summed E-state index contributed by atoms with van der Waals surface area (Å²) < 4.78 is 49.5. The van der Waals surface area contributed by atoms with E-state index in [-0.39, 0.29) is 24.0 Å². The van der Waals surface area contributed by atoms with Gasteiger partial charge in [-0.15, -0.1) is 0 Å². The highest BCUT2D eigenvalue weighted by molar-refractivity contribution is 5.79. The number of likely N-dealkylation sites (tertiary alicyclic amines) is 1. The second-order valence-electron chi connectivity index (χ2n) is 12.1. The summed E-state index contributed by atoms with van der Waals surface area (Å²) in [7, 11) is 0. The molecule has 3 aliphatic heterocycles. The standard InChI is InChI=1S/C30H41F3N4O5/c1-2-41-27(39)36-17-15-35(16-18-36)26(38)24-7-3-23(4-8-24)20-37-21-29(42-28(37)40)11-13-34(14-12-29)19-22-5-9-25(10-6-22)30(31,32)33/h5-6,9-10,23-24H,2-4,7-8,11-21H2,1H3. The van der Waals surface area contributed by atoms with E-state index in [2.05, 4.69) is 4.90 Å². The van der Waals surface area contributed by atoms with E-state index in [1.165, 1.54) is 12.1 Å². The molecular formula is C30H41F3N4O5. The highest BCUT2D eigenvalue weighted by Gasteiger charge is 2.47. The second kappa shape index (κ2) is 12.7. The van der Waals surface area contributed by atoms with Crippen LogP contribution >= 0.6 is 0 Å². The van der Waals surface area contributed by atoms with E-state index >= 15 is 0 Å². The molecule has 1 aromatic carbocycles. The molecular weight excluding hydrogens is 553 g/mol. The molecule has 3 amide bonds. The summed E-state index contributed by atoms with van der Waals surface area (Å²) in [4.78, 5) is 45.4. The number of nitrogens with zero attached hydrogens (tertiary/aromatic N) is 4. The van der Waals surface area contributed by atoms with Gasteiger partial charge in [-0.1, -0.05) is 12.1 Å². The quantitative estimate of drug-likeness (QED) is 0.479. The van der Waals surface area contributed by atoms with Gasteiger partial charge in [-0.2, -0.15) is 13.2 Å². The largest absolute Gasteiger partial charge is 0.450 e. The van der Waals surface area contributed by atoms with E-state index in [4.69, 9.17) is 9.47 Å². The summed E-state index contributed by atoms with van der Waals surface area (Å²) >= 11 is 0. The van der Waals surface area contributed by atoms with Gasteiger partial charge in [-0.05, 0) is 56.2 Å². The van der Waals surface area contributed by atoms with Crippen LogP contribution in [0.1, 0.15) is 56.6 Å². The summed E-state index contributed by atoms with van der Waals surface area (Å²) in [6, 6.07) is 5.29. The van der Waals surface area contributed by atoms with E-state index in [0.29, 0.717) is 84.3 Å². The summed E-state index contributed by atoms with van der Waals surface area (Å²) in [5.41, 5.74) is -0.322. The van der Waals surface area contributed by atoms with Gasteiger partial charge in [0, 0.05) is 71.1 Å². The van der Waals surface area contributed by atoms with Crippen molar-refractivity contribution < 1.29 is 37.0 Å². The van der Waals surface area contributed by atoms with Gasteiger partial charge in [-0.25, -0.2) is 9.59 Å². The number of piperidine rings is 1. The Morgan fingerprint density at radius 1 is 0.952 bits per heavy atom. The molecule has 42 heavy (non-hydrogen) atoms. The SMILES string of the molecule is CCOC(=O)N1CCN(C(=O)C2CCC(CN3CC4(CCN(Cc5ccc(C(F)(F)F)cc5)CC4)OC3=O)CC2)CC1. The number of hydrogen-bond donors (Lipinski definition) is 0. The maximum absolute atomic E-state index is 13.1. The van der Waals surface area contributed by atoms with Crippen molar-refractivity contribution in [1.29, 1.82) is 0 Å². The molecule has 0 aromatic heterocycles. The molecule has 232 valence electrons. The molecule has 0 atom stereocenters. The average Bonchev–Trinajstić information content (AvgIpc) is 3.28. The first kappa shape index (κ1) is 30.4. The van der Waals surface area contributed by atoms with Crippen LogP contribution in [-0.2, 0) is 27.0 Å². The first-order chi connectivity index (χ1) is 20.0. The molecule has 0 N–H and O–H groups in total. The minimum atomic E-state index is -4.34. The Hall–Kier alpha value is -3.02. The monoisotopic (exact) mass is 594 g/mol. The van der Waals surface area contributed by atoms with E-state index in [1.54, 1.807) is 11.8 Å². The number of hydrogen-bond acceptors (Lipinski definition) is 6. The summed E-state index contributed by atoms with van der Waals surface area (Å²) in [6.07, 6.45) is -0.174. The van der Waals surface area contributed by atoms with Crippen LogP contribution in [0.4, 0.5) is 22.8 Å². The fourth-order valence-electron chi connectivity index (χ4n) is 6.76. The number of benzene rings is 1. The lowest BCUT2D eigenvalue weighted by Crippen LogP contribution is -2.52. The van der Waals surface area contributed by atoms with Gasteiger partial charge in [0.25, 0.3) is 0 Å². The highest BCUT2D eigenvalue weighted by atomic mass is 19.4. The smallest absolute Gasteiger partial charge is 0.416 e. The minimum absolute atomic E-state index is 0.0127. The van der Waals surface area contributed by atoms with Crippen LogP contribution in [0.15, 0.2) is 24.3 Å². The van der Waals surface area contributed by atoms with Gasteiger partial charge in [0.15, 0.2) is 0 Å². The topological polar surface area (TPSA) is 82.6 Å². The van der Waals surface area contributed by atoms with Gasteiger partial charge < -0.3 is 24.2 Å². The van der Waals surface area contributed by atoms with Gasteiger partial charge in [-0.3, -0.25) is 9.69 Å². The Morgan fingerprint density at radius 3 is 2.17 bits per heavy atom. The van der Waals surface area contributed by atoms with Crippen LogP contribution in [0.2, 0.25) is 0 Å². The lowest BCUT2D eigenvalue weighted by molar-refractivity contribution is -0.139.